The van der Waals surface area contributed by atoms with Gasteiger partial charge in [0.05, 0.1) is 23.2 Å². The van der Waals surface area contributed by atoms with Gasteiger partial charge >= 0.3 is 5.97 Å². The van der Waals surface area contributed by atoms with Gasteiger partial charge in [-0.05, 0) is 31.5 Å². The summed E-state index contributed by atoms with van der Waals surface area (Å²) in [6.45, 7) is 3.83. The molecule has 1 saturated heterocycles. The Morgan fingerprint density at radius 1 is 1.48 bits per heavy atom. The molecule has 1 N–H and O–H groups in total. The third-order valence-electron chi connectivity index (χ3n) is 3.32. The summed E-state index contributed by atoms with van der Waals surface area (Å²) in [7, 11) is -3.88. The molecule has 0 radical (unpaired) electrons. The minimum atomic E-state index is -3.88. The van der Waals surface area contributed by atoms with Gasteiger partial charge < -0.3 is 9.84 Å². The van der Waals surface area contributed by atoms with E-state index in [1.165, 1.54) is 11.2 Å². The van der Waals surface area contributed by atoms with Gasteiger partial charge in [0.25, 0.3) is 0 Å². The zero-order valence-corrected chi connectivity index (χ0v) is 12.5. The number of ether oxygens (including phenoxy) is 1. The Hall–Kier alpha value is -1.51. The van der Waals surface area contributed by atoms with Gasteiger partial charge in [-0.3, -0.25) is 0 Å². The molecule has 116 valence electrons. The number of carboxylic acid groups (broad SMARTS) is 1. The summed E-state index contributed by atoms with van der Waals surface area (Å²) >= 11 is 0. The van der Waals surface area contributed by atoms with Gasteiger partial charge in [-0.1, -0.05) is 0 Å². The lowest BCUT2D eigenvalue weighted by Gasteiger charge is -2.30. The Morgan fingerprint density at radius 2 is 2.14 bits per heavy atom. The van der Waals surface area contributed by atoms with Crippen molar-refractivity contribution >= 4 is 16.0 Å². The van der Waals surface area contributed by atoms with E-state index in [9.17, 15) is 17.6 Å². The van der Waals surface area contributed by atoms with E-state index in [0.29, 0.717) is 0 Å². The van der Waals surface area contributed by atoms with Crippen LogP contribution >= 0.6 is 0 Å². The number of sulfonamides is 1. The predicted molar refractivity (Wildman–Crippen MR) is 72.3 cm³/mol. The van der Waals surface area contributed by atoms with Crippen LogP contribution in [0.25, 0.3) is 0 Å². The summed E-state index contributed by atoms with van der Waals surface area (Å²) in [6, 6.07) is 1.81. The van der Waals surface area contributed by atoms with Crippen molar-refractivity contribution in [3.05, 3.63) is 29.1 Å². The second-order valence-corrected chi connectivity index (χ2v) is 6.85. The highest BCUT2D eigenvalue weighted by Crippen LogP contribution is 2.25. The lowest BCUT2D eigenvalue weighted by Crippen LogP contribution is -2.44. The third-order valence-corrected chi connectivity index (χ3v) is 5.32. The molecule has 1 fully saturated rings. The van der Waals surface area contributed by atoms with Crippen molar-refractivity contribution in [2.45, 2.75) is 24.8 Å². The van der Waals surface area contributed by atoms with Crippen LogP contribution in [0.2, 0.25) is 0 Å². The van der Waals surface area contributed by atoms with Gasteiger partial charge in [-0.2, -0.15) is 4.31 Å². The molecule has 1 aromatic carbocycles. The molecule has 1 heterocycles. The van der Waals surface area contributed by atoms with Gasteiger partial charge in [-0.25, -0.2) is 17.6 Å². The van der Waals surface area contributed by atoms with Crippen molar-refractivity contribution in [2.24, 2.45) is 0 Å². The third kappa shape index (κ3) is 3.07. The van der Waals surface area contributed by atoms with E-state index in [2.05, 4.69) is 0 Å². The number of morpholine rings is 1. The molecule has 1 unspecified atom stereocenters. The molecule has 2 rings (SSSR count). The molecule has 1 aromatic rings. The number of rotatable bonds is 3. The minimum absolute atomic E-state index is 0.177. The number of hydrogen-bond acceptors (Lipinski definition) is 4. The normalized spacial score (nSPS) is 20.4. The van der Waals surface area contributed by atoms with Crippen LogP contribution in [0.15, 0.2) is 17.0 Å². The molecule has 0 bridgehead atoms. The predicted octanol–water partition coefficient (Wildman–Crippen LogP) is 1.24. The van der Waals surface area contributed by atoms with Crippen molar-refractivity contribution in [1.29, 1.82) is 0 Å². The molecular formula is C13H16FNO5S. The fourth-order valence-corrected chi connectivity index (χ4v) is 3.97. The molecule has 0 saturated carbocycles. The number of hydrogen-bond donors (Lipinski definition) is 1. The minimum Gasteiger partial charge on any atom is -0.478 e. The van der Waals surface area contributed by atoms with Crippen molar-refractivity contribution in [3.63, 3.8) is 0 Å². The number of halogens is 1. The summed E-state index contributed by atoms with van der Waals surface area (Å²) < 4.78 is 45.3. The SMILES string of the molecule is Cc1cc(F)c(C(=O)O)cc1S(=O)(=O)N1CCOC(C)C1. The van der Waals surface area contributed by atoms with Crippen LogP contribution < -0.4 is 0 Å². The second kappa shape index (κ2) is 5.70. The molecule has 0 spiro atoms. The number of aryl methyl sites for hydroxylation is 1. The molecule has 0 aliphatic carbocycles. The largest absolute Gasteiger partial charge is 0.478 e. The first-order chi connectivity index (χ1) is 9.73. The Kier molecular flexibility index (Phi) is 4.31. The van der Waals surface area contributed by atoms with E-state index in [1.54, 1.807) is 6.92 Å². The molecule has 1 aliphatic rings. The molecule has 1 aliphatic heterocycles. The van der Waals surface area contributed by atoms with Crippen LogP contribution in [-0.2, 0) is 14.8 Å². The zero-order valence-electron chi connectivity index (χ0n) is 11.7. The van der Waals surface area contributed by atoms with Crippen LogP contribution in [0.1, 0.15) is 22.8 Å². The molecule has 6 nitrogen and oxygen atoms in total. The number of carboxylic acids is 1. The van der Waals surface area contributed by atoms with Crippen molar-refractivity contribution in [2.75, 3.05) is 19.7 Å². The maximum atomic E-state index is 13.6. The van der Waals surface area contributed by atoms with Gasteiger partial charge in [0.1, 0.15) is 5.82 Å². The fraction of sp³-hybridized carbons (Fsp3) is 0.462. The highest BCUT2D eigenvalue weighted by atomic mass is 32.2. The summed E-state index contributed by atoms with van der Waals surface area (Å²) in [5.41, 5.74) is -0.475. The molecule has 0 aromatic heterocycles. The number of aromatic carboxylic acids is 1. The van der Waals surface area contributed by atoms with Crippen LogP contribution in [0.5, 0.6) is 0 Å². The molecule has 1 atom stereocenters. The average molecular weight is 317 g/mol. The first-order valence-electron chi connectivity index (χ1n) is 6.38. The summed E-state index contributed by atoms with van der Waals surface area (Å²) in [6.07, 6.45) is -0.242. The van der Waals surface area contributed by atoms with E-state index in [4.69, 9.17) is 9.84 Å². The summed E-state index contributed by atoms with van der Waals surface area (Å²) in [5, 5.41) is 8.93. The Balaban J connectivity index is 2.49. The molecular weight excluding hydrogens is 301 g/mol. The van der Waals surface area contributed by atoms with Crippen LogP contribution in [-0.4, -0.2) is 49.6 Å². The van der Waals surface area contributed by atoms with Crippen LogP contribution in [0.3, 0.4) is 0 Å². The highest BCUT2D eigenvalue weighted by Gasteiger charge is 2.31. The fourth-order valence-electron chi connectivity index (χ4n) is 2.24. The van der Waals surface area contributed by atoms with E-state index in [1.807, 2.05) is 0 Å². The van der Waals surface area contributed by atoms with Crippen molar-refractivity contribution in [1.82, 2.24) is 4.31 Å². The maximum absolute atomic E-state index is 13.6. The maximum Gasteiger partial charge on any atom is 0.338 e. The average Bonchev–Trinajstić information content (AvgIpc) is 2.37. The zero-order chi connectivity index (χ0) is 15.8. The van der Waals surface area contributed by atoms with Crippen LogP contribution in [0.4, 0.5) is 4.39 Å². The van der Waals surface area contributed by atoms with E-state index < -0.39 is 27.4 Å². The topological polar surface area (TPSA) is 83.9 Å². The second-order valence-electron chi connectivity index (χ2n) is 4.95. The number of nitrogens with zero attached hydrogens (tertiary/aromatic N) is 1. The van der Waals surface area contributed by atoms with Crippen molar-refractivity contribution in [3.8, 4) is 0 Å². The highest BCUT2D eigenvalue weighted by molar-refractivity contribution is 7.89. The van der Waals surface area contributed by atoms with Crippen molar-refractivity contribution < 1.29 is 27.4 Å². The quantitative estimate of drug-likeness (QED) is 0.907. The van der Waals surface area contributed by atoms with Crippen LogP contribution in [0, 0.1) is 12.7 Å². The van der Waals surface area contributed by atoms with Gasteiger partial charge in [0.2, 0.25) is 10.0 Å². The van der Waals surface area contributed by atoms with Gasteiger partial charge in [0, 0.05) is 13.1 Å². The Morgan fingerprint density at radius 3 is 2.71 bits per heavy atom. The monoisotopic (exact) mass is 317 g/mol. The number of benzene rings is 1. The first kappa shape index (κ1) is 15.9. The Bertz CT molecular complexity index is 673. The summed E-state index contributed by atoms with van der Waals surface area (Å²) in [5.74, 6) is -2.45. The molecule has 21 heavy (non-hydrogen) atoms. The standard InChI is InChI=1S/C13H16FNO5S/c1-8-5-11(14)10(13(16)17)6-12(8)21(18,19)15-3-4-20-9(2)7-15/h5-6,9H,3-4,7H2,1-2H3,(H,16,17). The molecule has 0 amide bonds. The first-order valence-corrected chi connectivity index (χ1v) is 7.82. The number of carbonyl (C=O) groups is 1. The van der Waals surface area contributed by atoms with Gasteiger partial charge in [0.15, 0.2) is 0 Å². The lowest BCUT2D eigenvalue weighted by molar-refractivity contribution is 0.0101. The Labute approximate surface area is 122 Å². The smallest absolute Gasteiger partial charge is 0.338 e. The molecule has 8 heteroatoms. The van der Waals surface area contributed by atoms with E-state index in [0.717, 1.165) is 12.1 Å². The van der Waals surface area contributed by atoms with Gasteiger partial charge in [-0.15, -0.1) is 0 Å². The lowest BCUT2D eigenvalue weighted by atomic mass is 10.1. The summed E-state index contributed by atoms with van der Waals surface area (Å²) in [4.78, 5) is 10.8. The van der Waals surface area contributed by atoms with E-state index in [-0.39, 0.29) is 36.3 Å². The van der Waals surface area contributed by atoms with E-state index >= 15 is 0 Å².